The van der Waals surface area contributed by atoms with Gasteiger partial charge in [-0.3, -0.25) is 0 Å². The highest BCUT2D eigenvalue weighted by Gasteiger charge is 2.16. The summed E-state index contributed by atoms with van der Waals surface area (Å²) in [6.07, 6.45) is 7.85. The summed E-state index contributed by atoms with van der Waals surface area (Å²) >= 11 is 0. The van der Waals surface area contributed by atoms with Crippen molar-refractivity contribution in [2.24, 2.45) is 0 Å². The van der Waals surface area contributed by atoms with E-state index in [4.69, 9.17) is 5.73 Å². The van der Waals surface area contributed by atoms with E-state index in [9.17, 15) is 0 Å². The molecule has 0 radical (unpaired) electrons. The first-order chi connectivity index (χ1) is 11.3. The molecule has 0 aromatic carbocycles. The number of anilines is 2. The fourth-order valence-electron chi connectivity index (χ4n) is 3.09. The molecule has 4 rings (SSSR count). The van der Waals surface area contributed by atoms with Gasteiger partial charge in [-0.25, -0.2) is 15.0 Å². The Labute approximate surface area is 145 Å². The van der Waals surface area contributed by atoms with Crippen LogP contribution >= 0.6 is 12.4 Å². The molecule has 24 heavy (non-hydrogen) atoms. The second-order valence-corrected chi connectivity index (χ2v) is 5.76. The molecular formula is C16H20ClN7. The van der Waals surface area contributed by atoms with Crippen LogP contribution in [-0.4, -0.2) is 39.1 Å². The van der Waals surface area contributed by atoms with Crippen molar-refractivity contribution in [3.63, 3.8) is 0 Å². The van der Waals surface area contributed by atoms with Crippen molar-refractivity contribution in [3.8, 4) is 11.3 Å². The molecule has 7 nitrogen and oxygen atoms in total. The predicted octanol–water partition coefficient (Wildman–Crippen LogP) is 2.19. The molecule has 3 aromatic rings. The highest BCUT2D eigenvalue weighted by molar-refractivity contribution is 6.01. The van der Waals surface area contributed by atoms with Gasteiger partial charge in [-0.1, -0.05) is 0 Å². The fraction of sp³-hybridized carbons (Fsp3) is 0.312. The van der Waals surface area contributed by atoms with Crippen LogP contribution in [0.25, 0.3) is 22.3 Å². The van der Waals surface area contributed by atoms with Crippen LogP contribution in [0.2, 0.25) is 0 Å². The number of pyridine rings is 1. The van der Waals surface area contributed by atoms with E-state index in [0.29, 0.717) is 6.04 Å². The zero-order valence-electron chi connectivity index (χ0n) is 13.1. The minimum atomic E-state index is 0. The molecule has 0 aliphatic carbocycles. The zero-order valence-corrected chi connectivity index (χ0v) is 13.9. The Kier molecular flexibility index (Phi) is 4.82. The number of hydrogen-bond donors (Lipinski definition) is 4. The third-order valence-electron chi connectivity index (χ3n) is 4.22. The minimum Gasteiger partial charge on any atom is -0.383 e. The molecular weight excluding hydrogens is 326 g/mol. The zero-order chi connectivity index (χ0) is 15.6. The number of aromatic nitrogens is 4. The Morgan fingerprint density at radius 3 is 2.92 bits per heavy atom. The lowest BCUT2D eigenvalue weighted by Gasteiger charge is -2.14. The topological polar surface area (TPSA) is 105 Å². The average Bonchev–Trinajstić information content (AvgIpc) is 3.22. The molecule has 0 saturated carbocycles. The summed E-state index contributed by atoms with van der Waals surface area (Å²) in [5, 5.41) is 8.07. The van der Waals surface area contributed by atoms with Crippen LogP contribution in [0.5, 0.6) is 0 Å². The number of halogens is 1. The summed E-state index contributed by atoms with van der Waals surface area (Å²) < 4.78 is 0. The molecule has 5 N–H and O–H groups in total. The number of nitrogens with one attached hydrogen (secondary N) is 3. The standard InChI is InChI=1S/C16H19N7.ClH/c17-16-20-7-3-12(23-16)11-9-22-15-14(11)13(4-6-19-15)21-8-10-2-1-5-18-10;/h3-4,6-7,9-10,18H,1-2,5,8H2,(H2,17,20,23)(H2,19,21,22);1H/t10-;/m0./s1. The van der Waals surface area contributed by atoms with Gasteiger partial charge in [0.25, 0.3) is 0 Å². The fourth-order valence-corrected chi connectivity index (χ4v) is 3.09. The number of H-pyrrole nitrogens is 1. The smallest absolute Gasteiger partial charge is 0.220 e. The van der Waals surface area contributed by atoms with Gasteiger partial charge in [0.05, 0.1) is 11.1 Å². The van der Waals surface area contributed by atoms with Crippen molar-refractivity contribution in [3.05, 3.63) is 30.7 Å². The summed E-state index contributed by atoms with van der Waals surface area (Å²) in [4.78, 5) is 15.9. The van der Waals surface area contributed by atoms with Gasteiger partial charge in [0.15, 0.2) is 0 Å². The van der Waals surface area contributed by atoms with Gasteiger partial charge >= 0.3 is 0 Å². The molecule has 0 bridgehead atoms. The van der Waals surface area contributed by atoms with Gasteiger partial charge in [0.1, 0.15) is 5.65 Å². The molecule has 126 valence electrons. The maximum Gasteiger partial charge on any atom is 0.220 e. The van der Waals surface area contributed by atoms with E-state index in [1.807, 2.05) is 18.3 Å². The first-order valence-corrected chi connectivity index (χ1v) is 7.83. The molecule has 4 heterocycles. The number of rotatable bonds is 4. The van der Waals surface area contributed by atoms with Crippen molar-refractivity contribution in [2.45, 2.75) is 18.9 Å². The van der Waals surface area contributed by atoms with Gasteiger partial charge in [0.2, 0.25) is 5.95 Å². The van der Waals surface area contributed by atoms with E-state index in [0.717, 1.165) is 41.1 Å². The number of hydrogen-bond acceptors (Lipinski definition) is 6. The third-order valence-corrected chi connectivity index (χ3v) is 4.22. The Bertz CT molecular complexity index is 826. The number of nitrogen functional groups attached to an aromatic ring is 1. The summed E-state index contributed by atoms with van der Waals surface area (Å²) in [5.41, 5.74) is 9.37. The normalized spacial score (nSPS) is 16.9. The van der Waals surface area contributed by atoms with E-state index in [1.165, 1.54) is 12.8 Å². The Morgan fingerprint density at radius 2 is 2.12 bits per heavy atom. The maximum absolute atomic E-state index is 5.72. The van der Waals surface area contributed by atoms with Crippen LogP contribution in [0.15, 0.2) is 30.7 Å². The summed E-state index contributed by atoms with van der Waals surface area (Å²) in [5.74, 6) is 0.269. The Hall–Kier alpha value is -2.38. The lowest BCUT2D eigenvalue weighted by molar-refractivity contribution is 0.634. The molecule has 8 heteroatoms. The van der Waals surface area contributed by atoms with Crippen molar-refractivity contribution in [1.29, 1.82) is 0 Å². The molecule has 1 aliphatic rings. The lowest BCUT2D eigenvalue weighted by Crippen LogP contribution is -2.29. The molecule has 1 aliphatic heterocycles. The van der Waals surface area contributed by atoms with Crippen molar-refractivity contribution >= 4 is 35.1 Å². The van der Waals surface area contributed by atoms with E-state index >= 15 is 0 Å². The highest BCUT2D eigenvalue weighted by Crippen LogP contribution is 2.32. The first-order valence-electron chi connectivity index (χ1n) is 7.83. The molecule has 0 amide bonds. The average molecular weight is 346 g/mol. The molecule has 1 fully saturated rings. The third kappa shape index (κ3) is 3.13. The number of nitrogens with zero attached hydrogens (tertiary/aromatic N) is 3. The van der Waals surface area contributed by atoms with E-state index in [2.05, 4.69) is 30.6 Å². The largest absolute Gasteiger partial charge is 0.383 e. The number of nitrogens with two attached hydrogens (primary N) is 1. The molecule has 3 aromatic heterocycles. The van der Waals surface area contributed by atoms with Crippen molar-refractivity contribution in [1.82, 2.24) is 25.3 Å². The Morgan fingerprint density at radius 1 is 1.25 bits per heavy atom. The second kappa shape index (κ2) is 7.02. The first kappa shape index (κ1) is 16.5. The van der Waals surface area contributed by atoms with E-state index in [1.54, 1.807) is 12.4 Å². The van der Waals surface area contributed by atoms with Crippen LogP contribution in [0.3, 0.4) is 0 Å². The second-order valence-electron chi connectivity index (χ2n) is 5.76. The van der Waals surface area contributed by atoms with Crippen molar-refractivity contribution < 1.29 is 0 Å². The predicted molar refractivity (Wildman–Crippen MR) is 98.3 cm³/mol. The van der Waals surface area contributed by atoms with Crippen LogP contribution < -0.4 is 16.4 Å². The van der Waals surface area contributed by atoms with E-state index in [-0.39, 0.29) is 18.4 Å². The van der Waals surface area contributed by atoms with Crippen molar-refractivity contribution in [2.75, 3.05) is 24.1 Å². The highest BCUT2D eigenvalue weighted by atomic mass is 35.5. The summed E-state index contributed by atoms with van der Waals surface area (Å²) in [6.45, 7) is 2.00. The maximum atomic E-state index is 5.72. The lowest BCUT2D eigenvalue weighted by atomic mass is 10.1. The quantitative estimate of drug-likeness (QED) is 0.577. The molecule has 1 saturated heterocycles. The molecule has 0 unspecified atom stereocenters. The van der Waals surface area contributed by atoms with E-state index < -0.39 is 0 Å². The van der Waals surface area contributed by atoms with Crippen LogP contribution in [0.1, 0.15) is 12.8 Å². The van der Waals surface area contributed by atoms with Gasteiger partial charge in [-0.15, -0.1) is 12.4 Å². The van der Waals surface area contributed by atoms with Gasteiger partial charge in [-0.2, -0.15) is 0 Å². The van der Waals surface area contributed by atoms with Gasteiger partial charge in [0, 0.05) is 42.4 Å². The van der Waals surface area contributed by atoms with Crippen LogP contribution in [0, 0.1) is 0 Å². The molecule has 1 atom stereocenters. The van der Waals surface area contributed by atoms with Gasteiger partial charge < -0.3 is 21.4 Å². The number of aromatic amines is 1. The number of fused-ring (bicyclic) bond motifs is 1. The Balaban J connectivity index is 0.00000169. The summed E-state index contributed by atoms with van der Waals surface area (Å²) in [6, 6.07) is 4.38. The molecule has 0 spiro atoms. The van der Waals surface area contributed by atoms with Crippen LogP contribution in [-0.2, 0) is 0 Å². The SMILES string of the molecule is Cl.Nc1nccc(-c2c[nH]c3nccc(NC[C@@H]4CCCN4)c23)n1. The summed E-state index contributed by atoms with van der Waals surface area (Å²) in [7, 11) is 0. The monoisotopic (exact) mass is 345 g/mol. The minimum absolute atomic E-state index is 0. The van der Waals surface area contributed by atoms with Crippen LogP contribution in [0.4, 0.5) is 11.6 Å². The van der Waals surface area contributed by atoms with Gasteiger partial charge in [-0.05, 0) is 31.5 Å².